The zero-order valence-corrected chi connectivity index (χ0v) is 13.0. The number of urea groups is 1. The lowest BCUT2D eigenvalue weighted by molar-refractivity contribution is 0.208. The smallest absolute Gasteiger partial charge is 0.321 e. The van der Waals surface area contributed by atoms with Crippen LogP contribution in [0.2, 0.25) is 0 Å². The molecule has 0 radical (unpaired) electrons. The van der Waals surface area contributed by atoms with Gasteiger partial charge < -0.3 is 15.0 Å². The van der Waals surface area contributed by atoms with Crippen LogP contribution in [0.25, 0.3) is 0 Å². The maximum Gasteiger partial charge on any atom is 0.321 e. The summed E-state index contributed by atoms with van der Waals surface area (Å²) >= 11 is 0. The van der Waals surface area contributed by atoms with Gasteiger partial charge in [-0.05, 0) is 18.9 Å². The minimum Gasteiger partial charge on any atom is -0.477 e. The molecule has 0 aliphatic rings. The van der Waals surface area contributed by atoms with Gasteiger partial charge in [0.25, 0.3) is 0 Å². The van der Waals surface area contributed by atoms with Crippen LogP contribution in [-0.2, 0) is 0 Å². The highest BCUT2D eigenvalue weighted by atomic mass is 16.5. The maximum absolute atomic E-state index is 12.0. The summed E-state index contributed by atoms with van der Waals surface area (Å²) in [5.41, 5.74) is 0.591. The lowest BCUT2D eigenvalue weighted by atomic mass is 10.2. The number of carbonyl (C=O) groups excluding carboxylic acids is 1. The number of hydrogen-bond donors (Lipinski definition) is 1. The molecule has 6 nitrogen and oxygen atoms in total. The van der Waals surface area contributed by atoms with Gasteiger partial charge in [0.15, 0.2) is 0 Å². The molecule has 6 heteroatoms. The van der Waals surface area contributed by atoms with E-state index in [1.165, 1.54) is 4.90 Å². The van der Waals surface area contributed by atoms with Crippen molar-refractivity contribution in [1.82, 2.24) is 9.88 Å². The molecular weight excluding hydrogens is 268 g/mol. The minimum absolute atomic E-state index is 0.142. The molecule has 1 unspecified atom stereocenters. The molecule has 0 aliphatic heterocycles. The van der Waals surface area contributed by atoms with E-state index in [2.05, 4.69) is 24.1 Å². The summed E-state index contributed by atoms with van der Waals surface area (Å²) in [4.78, 5) is 17.6. The molecule has 1 aromatic rings. The Balaban J connectivity index is 2.55. The monoisotopic (exact) mass is 290 g/mol. The molecule has 21 heavy (non-hydrogen) atoms. The molecule has 1 atom stereocenters. The third-order valence-corrected chi connectivity index (χ3v) is 2.92. The molecule has 0 fully saturated rings. The molecule has 1 heterocycles. The molecule has 114 valence electrons. The van der Waals surface area contributed by atoms with E-state index in [1.807, 2.05) is 13.0 Å². The topological polar surface area (TPSA) is 78.2 Å². The highest BCUT2D eigenvalue weighted by molar-refractivity contribution is 5.89. The number of nitriles is 1. The molecule has 1 N–H and O–H groups in total. The van der Waals surface area contributed by atoms with Crippen molar-refractivity contribution in [1.29, 1.82) is 5.26 Å². The Kier molecular flexibility index (Phi) is 6.47. The van der Waals surface area contributed by atoms with Crippen LogP contribution in [0.4, 0.5) is 10.5 Å². The maximum atomic E-state index is 12.0. The number of pyridine rings is 1. The predicted molar refractivity (Wildman–Crippen MR) is 81.0 cm³/mol. The Hall–Kier alpha value is -2.29. The second-order valence-electron chi connectivity index (χ2n) is 5.34. The minimum atomic E-state index is -0.268. The van der Waals surface area contributed by atoms with Gasteiger partial charge in [0.05, 0.1) is 31.0 Å². The number of amides is 2. The van der Waals surface area contributed by atoms with Gasteiger partial charge >= 0.3 is 6.03 Å². The summed E-state index contributed by atoms with van der Waals surface area (Å²) in [7, 11) is 1.66. The Morgan fingerprint density at radius 2 is 2.19 bits per heavy atom. The number of ether oxygens (including phenoxy) is 1. The number of aromatic nitrogens is 1. The molecule has 1 aromatic heterocycles. The average molecular weight is 290 g/mol. The molecule has 0 saturated carbocycles. The van der Waals surface area contributed by atoms with Gasteiger partial charge in [-0.2, -0.15) is 5.26 Å². The van der Waals surface area contributed by atoms with Crippen LogP contribution in [0.5, 0.6) is 5.88 Å². The van der Waals surface area contributed by atoms with Crippen LogP contribution < -0.4 is 10.1 Å². The van der Waals surface area contributed by atoms with Crippen molar-refractivity contribution in [3.05, 3.63) is 18.3 Å². The first-order valence-corrected chi connectivity index (χ1v) is 6.93. The Labute approximate surface area is 125 Å². The number of hydrogen-bond acceptors (Lipinski definition) is 4. The lowest BCUT2D eigenvalue weighted by Crippen LogP contribution is -2.38. The van der Waals surface area contributed by atoms with Gasteiger partial charge in [-0.1, -0.05) is 13.8 Å². The molecular formula is C15H22N4O2. The van der Waals surface area contributed by atoms with E-state index < -0.39 is 0 Å². The molecule has 0 saturated heterocycles. The highest BCUT2D eigenvalue weighted by Crippen LogP contribution is 2.13. The molecule has 0 bridgehead atoms. The zero-order chi connectivity index (χ0) is 15.8. The van der Waals surface area contributed by atoms with Crippen LogP contribution >= 0.6 is 0 Å². The zero-order valence-electron chi connectivity index (χ0n) is 13.0. The van der Waals surface area contributed by atoms with Gasteiger partial charge in [-0.25, -0.2) is 9.78 Å². The average Bonchev–Trinajstić information content (AvgIpc) is 2.45. The lowest BCUT2D eigenvalue weighted by Gasteiger charge is -2.23. The van der Waals surface area contributed by atoms with Crippen LogP contribution in [0.3, 0.4) is 0 Å². The van der Waals surface area contributed by atoms with Crippen molar-refractivity contribution in [2.45, 2.75) is 33.2 Å². The van der Waals surface area contributed by atoms with E-state index >= 15 is 0 Å². The van der Waals surface area contributed by atoms with Crippen LogP contribution in [0, 0.1) is 17.2 Å². The largest absolute Gasteiger partial charge is 0.477 e. The highest BCUT2D eigenvalue weighted by Gasteiger charge is 2.15. The Morgan fingerprint density at radius 3 is 2.71 bits per heavy atom. The van der Waals surface area contributed by atoms with E-state index in [0.29, 0.717) is 30.5 Å². The summed E-state index contributed by atoms with van der Waals surface area (Å²) in [5, 5.41) is 11.4. The van der Waals surface area contributed by atoms with Crippen molar-refractivity contribution < 1.29 is 9.53 Å². The molecule has 1 rings (SSSR count). The first-order chi connectivity index (χ1) is 9.93. The molecule has 2 amide bonds. The quantitative estimate of drug-likeness (QED) is 0.873. The predicted octanol–water partition coefficient (Wildman–Crippen LogP) is 2.88. The number of nitrogens with one attached hydrogen (secondary N) is 1. The second-order valence-corrected chi connectivity index (χ2v) is 5.34. The van der Waals surface area contributed by atoms with Gasteiger partial charge in [0.2, 0.25) is 5.88 Å². The second kappa shape index (κ2) is 8.10. The van der Waals surface area contributed by atoms with Crippen LogP contribution in [-0.4, -0.2) is 35.6 Å². The Bertz CT molecular complexity index is 493. The van der Waals surface area contributed by atoms with Crippen molar-refractivity contribution in [2.75, 3.05) is 19.0 Å². The SMILES string of the molecule is CC(C)COc1ccc(NC(=O)N(C)C(C)CC#N)cn1. The third-order valence-electron chi connectivity index (χ3n) is 2.92. The summed E-state index contributed by atoms with van der Waals surface area (Å²) < 4.78 is 5.47. The Morgan fingerprint density at radius 1 is 1.48 bits per heavy atom. The first kappa shape index (κ1) is 16.8. The first-order valence-electron chi connectivity index (χ1n) is 6.93. The van der Waals surface area contributed by atoms with E-state index in [9.17, 15) is 4.79 Å². The van der Waals surface area contributed by atoms with Crippen molar-refractivity contribution in [3.8, 4) is 11.9 Å². The van der Waals surface area contributed by atoms with E-state index in [4.69, 9.17) is 10.00 Å². The molecule has 0 aromatic carbocycles. The summed E-state index contributed by atoms with van der Waals surface area (Å²) in [6, 6.07) is 5.10. The van der Waals surface area contributed by atoms with Crippen molar-refractivity contribution in [3.63, 3.8) is 0 Å². The van der Waals surface area contributed by atoms with Gasteiger partial charge in [0, 0.05) is 19.2 Å². The van der Waals surface area contributed by atoms with Gasteiger partial charge in [0.1, 0.15) is 0 Å². The normalized spacial score (nSPS) is 11.6. The van der Waals surface area contributed by atoms with E-state index in [0.717, 1.165) is 0 Å². The molecule has 0 spiro atoms. The van der Waals surface area contributed by atoms with E-state index in [-0.39, 0.29) is 12.1 Å². The number of carbonyl (C=O) groups is 1. The van der Waals surface area contributed by atoms with Gasteiger partial charge in [-0.3, -0.25) is 0 Å². The van der Waals surface area contributed by atoms with Crippen molar-refractivity contribution in [2.24, 2.45) is 5.92 Å². The fourth-order valence-electron chi connectivity index (χ4n) is 1.47. The fourth-order valence-corrected chi connectivity index (χ4v) is 1.47. The van der Waals surface area contributed by atoms with Crippen LogP contribution in [0.1, 0.15) is 27.2 Å². The summed E-state index contributed by atoms with van der Waals surface area (Å²) in [6.07, 6.45) is 1.85. The van der Waals surface area contributed by atoms with Crippen molar-refractivity contribution >= 4 is 11.7 Å². The number of anilines is 1. The number of rotatable bonds is 6. The summed E-state index contributed by atoms with van der Waals surface area (Å²) in [6.45, 7) is 6.55. The van der Waals surface area contributed by atoms with Crippen LogP contribution in [0.15, 0.2) is 18.3 Å². The van der Waals surface area contributed by atoms with E-state index in [1.54, 1.807) is 25.4 Å². The number of nitrogens with zero attached hydrogens (tertiary/aromatic N) is 3. The fraction of sp³-hybridized carbons (Fsp3) is 0.533. The van der Waals surface area contributed by atoms with Gasteiger partial charge in [-0.15, -0.1) is 0 Å². The molecule has 0 aliphatic carbocycles. The standard InChI is InChI=1S/C15H22N4O2/c1-11(2)10-21-14-6-5-13(9-17-14)18-15(20)19(4)12(3)7-8-16/h5-6,9,11-12H,7,10H2,1-4H3,(H,18,20). The third kappa shape index (κ3) is 5.69. The summed E-state index contributed by atoms with van der Waals surface area (Å²) in [5.74, 6) is 0.967.